The van der Waals surface area contributed by atoms with Crippen molar-refractivity contribution in [1.29, 1.82) is 0 Å². The van der Waals surface area contributed by atoms with Crippen LogP contribution >= 0.6 is 0 Å². The van der Waals surface area contributed by atoms with E-state index in [0.717, 1.165) is 12.0 Å². The Morgan fingerprint density at radius 1 is 0.719 bits per heavy atom. The molecule has 0 saturated heterocycles. The van der Waals surface area contributed by atoms with Crippen LogP contribution in [-0.2, 0) is 49.7 Å². The summed E-state index contributed by atoms with van der Waals surface area (Å²) < 4.78 is 5.17. The number of benzene rings is 1. The summed E-state index contributed by atoms with van der Waals surface area (Å²) in [5.41, 5.74) is 5.94. The summed E-state index contributed by atoms with van der Waals surface area (Å²) in [4.78, 5) is 104. The number of carboxylic acid groups (broad SMARTS) is 2. The third-order valence-electron chi connectivity index (χ3n) is 7.00. The van der Waals surface area contributed by atoms with E-state index in [1.807, 2.05) is 6.92 Å². The Bertz CT molecular complexity index is 1450. The average molecular weight is 811 g/mol. The van der Waals surface area contributed by atoms with Crippen LogP contribution in [0.4, 0.5) is 10.5 Å². The number of esters is 1. The summed E-state index contributed by atoms with van der Waals surface area (Å²) >= 11 is 0. The summed E-state index contributed by atoms with van der Waals surface area (Å²) in [6, 6.07) is 4.32. The number of urea groups is 1. The number of hydrogen-bond donors (Lipinski definition) is 10. The number of ether oxygens (including phenoxy) is 1. The topological polar surface area (TPSA) is 314 Å². The number of carboxylic acids is 2. The molecule has 11 N–H and O–H groups in total. The van der Waals surface area contributed by atoms with Gasteiger partial charge in [-0.2, -0.15) is 0 Å². The fourth-order valence-electron chi connectivity index (χ4n) is 3.99. The molecule has 2 unspecified atom stereocenters. The Hall–Kier alpha value is -5.79. The number of rotatable bonds is 22. The van der Waals surface area contributed by atoms with Crippen LogP contribution in [0.15, 0.2) is 24.3 Å². The van der Waals surface area contributed by atoms with Gasteiger partial charge in [0.1, 0.15) is 12.6 Å². The van der Waals surface area contributed by atoms with Gasteiger partial charge in [0.2, 0.25) is 29.5 Å². The van der Waals surface area contributed by atoms with Crippen LogP contribution in [0.25, 0.3) is 0 Å². The van der Waals surface area contributed by atoms with Gasteiger partial charge in [0.15, 0.2) is 0 Å². The minimum atomic E-state index is -1.05. The van der Waals surface area contributed by atoms with Crippen molar-refractivity contribution < 1.29 is 58.1 Å². The molecule has 0 radical (unpaired) electrons. The second-order valence-corrected chi connectivity index (χ2v) is 13.4. The molecule has 20 heteroatoms. The molecule has 1 rings (SSSR count). The lowest BCUT2D eigenvalue weighted by atomic mass is 10.0. The normalized spacial score (nSPS) is 11.3. The van der Waals surface area contributed by atoms with Crippen LogP contribution in [0, 0.1) is 11.8 Å². The molecule has 1 aromatic rings. The molecule has 1 aromatic carbocycles. The summed E-state index contributed by atoms with van der Waals surface area (Å²) in [6.45, 7) is 13.5. The Kier molecular flexibility index (Phi) is 28.5. The number of nitrogens with one attached hydrogen (secondary N) is 7. The van der Waals surface area contributed by atoms with E-state index in [-0.39, 0.29) is 56.3 Å². The molecule has 0 aliphatic carbocycles. The first-order valence-corrected chi connectivity index (χ1v) is 18.5. The van der Waals surface area contributed by atoms with Gasteiger partial charge in [-0.3, -0.25) is 38.4 Å². The molecule has 7 amide bonds. The Labute approximate surface area is 333 Å². The third kappa shape index (κ3) is 29.2. The molecule has 2 atom stereocenters. The number of carbonyl (C=O) groups excluding carboxylic acids is 7. The third-order valence-corrected chi connectivity index (χ3v) is 7.00. The van der Waals surface area contributed by atoms with Crippen molar-refractivity contribution >= 4 is 59.2 Å². The number of nitrogens with two attached hydrogens (primary N) is 1. The predicted octanol–water partition coefficient (Wildman–Crippen LogP) is 0.591. The summed E-state index contributed by atoms with van der Waals surface area (Å²) in [6.07, 6.45) is 0.964. The van der Waals surface area contributed by atoms with Crippen LogP contribution in [-0.4, -0.2) is 108 Å². The van der Waals surface area contributed by atoms with Crippen molar-refractivity contribution in [3.63, 3.8) is 0 Å². The maximum Gasteiger partial charge on any atom is 0.312 e. The first kappa shape index (κ1) is 53.3. The van der Waals surface area contributed by atoms with Crippen molar-refractivity contribution in [1.82, 2.24) is 31.9 Å². The molecular formula is C37H62N8O12. The maximum absolute atomic E-state index is 12.7. The molecule has 20 nitrogen and oxygen atoms in total. The minimum absolute atomic E-state index is 0.0371. The van der Waals surface area contributed by atoms with Gasteiger partial charge in [-0.25, -0.2) is 4.79 Å². The van der Waals surface area contributed by atoms with Crippen LogP contribution in [0.5, 0.6) is 0 Å². The molecule has 322 valence electrons. The van der Waals surface area contributed by atoms with Crippen LogP contribution in [0.2, 0.25) is 0 Å². The van der Waals surface area contributed by atoms with Gasteiger partial charge in [0.05, 0.1) is 31.6 Å². The molecule has 0 aromatic heterocycles. The summed E-state index contributed by atoms with van der Waals surface area (Å²) in [5.74, 6) is -5.66. The van der Waals surface area contributed by atoms with Gasteiger partial charge < -0.3 is 57.9 Å². The maximum atomic E-state index is 12.7. The van der Waals surface area contributed by atoms with E-state index in [0.29, 0.717) is 12.2 Å². The number of hydrogen-bond acceptors (Lipinski definition) is 11. The standard InChI is InChI=1S/C30H46N6O9.C4H10N2O.C3H6O2/c1-17(2)27(29(43)33-15-24(38)35-21-9-7-20(8-10-21)16-45-30(44)18(3)4)36-25(39)14-31-23(37)13-32-28(42)22(34-19(5)6)11-12-26(40)41;1-2-3-6-4(5)7;1-2-3(4)5/h7-10,17-19,22,27,34H,11-16H2,1-6H3,(H,31,37)(H,32,42)(H,33,43)(H,35,38)(H,36,39)(H,40,41);2-3H2,1H3,(H3,5,6,7);2H2,1H3,(H,4,5). The van der Waals surface area contributed by atoms with Crippen molar-refractivity contribution in [3.05, 3.63) is 29.8 Å². The monoisotopic (exact) mass is 810 g/mol. The van der Waals surface area contributed by atoms with E-state index in [2.05, 4.69) is 37.2 Å². The zero-order valence-electron chi connectivity index (χ0n) is 34.1. The summed E-state index contributed by atoms with van der Waals surface area (Å²) in [5, 5.41) is 34.4. The molecule has 0 spiro atoms. The van der Waals surface area contributed by atoms with Crippen molar-refractivity contribution in [2.75, 3.05) is 31.5 Å². The van der Waals surface area contributed by atoms with Gasteiger partial charge in [0.25, 0.3) is 0 Å². The fraction of sp³-hybridized carbons (Fsp3) is 0.595. The van der Waals surface area contributed by atoms with E-state index in [9.17, 15) is 43.2 Å². The number of aliphatic carboxylic acids is 2. The first-order chi connectivity index (χ1) is 26.6. The average Bonchev–Trinajstić information content (AvgIpc) is 3.14. The Balaban J connectivity index is 0. The molecule has 0 saturated carbocycles. The Morgan fingerprint density at radius 2 is 1.26 bits per heavy atom. The number of amides is 7. The van der Waals surface area contributed by atoms with E-state index in [1.165, 1.54) is 0 Å². The molecule has 0 aliphatic rings. The van der Waals surface area contributed by atoms with Crippen molar-refractivity contribution in [3.8, 4) is 0 Å². The molecule has 0 bridgehead atoms. The van der Waals surface area contributed by atoms with E-state index < -0.39 is 72.7 Å². The Morgan fingerprint density at radius 3 is 1.72 bits per heavy atom. The molecule has 0 fully saturated rings. The number of anilines is 1. The lowest BCUT2D eigenvalue weighted by Gasteiger charge is -2.22. The minimum Gasteiger partial charge on any atom is -0.481 e. The zero-order chi connectivity index (χ0) is 44.1. The van der Waals surface area contributed by atoms with Crippen molar-refractivity contribution in [2.45, 2.75) is 106 Å². The SMILES string of the molecule is CC(C)NC(CCC(=O)O)C(=O)NCC(=O)NCC(=O)NC(C(=O)NCC(=O)Nc1ccc(COC(=O)C(C)C)cc1)C(C)C.CCC(=O)O.CCCNC(N)=O. The van der Waals surface area contributed by atoms with Crippen LogP contribution < -0.4 is 43.0 Å². The summed E-state index contributed by atoms with van der Waals surface area (Å²) in [7, 11) is 0. The number of primary amides is 1. The highest BCUT2D eigenvalue weighted by Crippen LogP contribution is 2.11. The second-order valence-electron chi connectivity index (χ2n) is 13.4. The fourth-order valence-corrected chi connectivity index (χ4v) is 3.99. The van der Waals surface area contributed by atoms with E-state index >= 15 is 0 Å². The molecule has 0 heterocycles. The highest BCUT2D eigenvalue weighted by molar-refractivity contribution is 5.96. The zero-order valence-corrected chi connectivity index (χ0v) is 34.1. The second kappa shape index (κ2) is 30.4. The van der Waals surface area contributed by atoms with Gasteiger partial charge in [-0.05, 0) is 36.5 Å². The lowest BCUT2D eigenvalue weighted by molar-refractivity contribution is -0.148. The molecule has 0 aliphatic heterocycles. The van der Waals surface area contributed by atoms with E-state index in [1.54, 1.807) is 72.7 Å². The van der Waals surface area contributed by atoms with Gasteiger partial charge in [-0.1, -0.05) is 67.5 Å². The van der Waals surface area contributed by atoms with Crippen molar-refractivity contribution in [2.24, 2.45) is 17.6 Å². The van der Waals surface area contributed by atoms with Crippen LogP contribution in [0.1, 0.15) is 86.6 Å². The molecular weight excluding hydrogens is 748 g/mol. The quantitative estimate of drug-likeness (QED) is 0.0718. The number of carbonyl (C=O) groups is 9. The van der Waals surface area contributed by atoms with Gasteiger partial charge >= 0.3 is 23.9 Å². The van der Waals surface area contributed by atoms with Gasteiger partial charge in [-0.15, -0.1) is 0 Å². The van der Waals surface area contributed by atoms with E-state index in [4.69, 9.17) is 20.7 Å². The van der Waals surface area contributed by atoms with Crippen LogP contribution in [0.3, 0.4) is 0 Å². The first-order valence-electron chi connectivity index (χ1n) is 18.5. The highest BCUT2D eigenvalue weighted by Gasteiger charge is 2.25. The lowest BCUT2D eigenvalue weighted by Crippen LogP contribution is -2.53. The smallest absolute Gasteiger partial charge is 0.312 e. The highest BCUT2D eigenvalue weighted by atomic mass is 16.5. The molecule has 57 heavy (non-hydrogen) atoms. The van der Waals surface area contributed by atoms with Gasteiger partial charge in [0, 0.05) is 31.1 Å². The predicted molar refractivity (Wildman–Crippen MR) is 210 cm³/mol. The largest absolute Gasteiger partial charge is 0.481 e.